The van der Waals surface area contributed by atoms with Crippen LogP contribution in [0.1, 0.15) is 32.0 Å². The molecular formula is C13H20N6O2. The van der Waals surface area contributed by atoms with E-state index in [0.29, 0.717) is 37.1 Å². The molecule has 8 heteroatoms. The fourth-order valence-corrected chi connectivity index (χ4v) is 1.84. The van der Waals surface area contributed by atoms with E-state index in [1.54, 1.807) is 23.0 Å². The lowest BCUT2D eigenvalue weighted by molar-refractivity contribution is -0.131. The lowest BCUT2D eigenvalue weighted by Crippen LogP contribution is -2.27. The molecule has 8 nitrogen and oxygen atoms in total. The lowest BCUT2D eigenvalue weighted by atomic mass is 10.1. The fraction of sp³-hybridized carbons (Fsp3) is 0.615. The van der Waals surface area contributed by atoms with E-state index in [2.05, 4.69) is 34.1 Å². The molecule has 0 spiro atoms. The van der Waals surface area contributed by atoms with E-state index in [1.807, 2.05) is 0 Å². The van der Waals surface area contributed by atoms with Gasteiger partial charge in [0.25, 0.3) is 0 Å². The number of nitrogens with zero attached hydrogens (tertiary/aromatic N) is 6. The van der Waals surface area contributed by atoms with Crippen LogP contribution < -0.4 is 0 Å². The van der Waals surface area contributed by atoms with Gasteiger partial charge in [0.15, 0.2) is 5.82 Å². The first-order valence-electron chi connectivity index (χ1n) is 6.92. The molecule has 2 aromatic rings. The van der Waals surface area contributed by atoms with Crippen LogP contribution >= 0.6 is 0 Å². The molecule has 0 aromatic carbocycles. The largest absolute Gasteiger partial charge is 0.337 e. The van der Waals surface area contributed by atoms with Crippen molar-refractivity contribution < 1.29 is 9.32 Å². The predicted molar refractivity (Wildman–Crippen MR) is 74.0 cm³/mol. The van der Waals surface area contributed by atoms with E-state index in [-0.39, 0.29) is 5.91 Å². The van der Waals surface area contributed by atoms with E-state index in [1.165, 1.54) is 6.33 Å². The van der Waals surface area contributed by atoms with Gasteiger partial charge in [-0.2, -0.15) is 10.1 Å². The molecule has 2 rings (SSSR count). The average molecular weight is 292 g/mol. The molecule has 0 aliphatic carbocycles. The Labute approximate surface area is 123 Å². The smallest absolute Gasteiger partial charge is 0.246 e. The minimum atomic E-state index is -0.00545. The molecule has 0 radical (unpaired) electrons. The highest BCUT2D eigenvalue weighted by atomic mass is 16.5. The Balaban J connectivity index is 1.81. The zero-order valence-corrected chi connectivity index (χ0v) is 12.6. The number of carbonyl (C=O) groups is 1. The second kappa shape index (κ2) is 6.96. The maximum atomic E-state index is 12.0. The molecular weight excluding hydrogens is 272 g/mol. The van der Waals surface area contributed by atoms with Gasteiger partial charge in [0.1, 0.15) is 12.7 Å². The highest BCUT2D eigenvalue weighted by Gasteiger charge is 2.14. The van der Waals surface area contributed by atoms with Crippen LogP contribution in [0.15, 0.2) is 17.2 Å². The molecule has 0 saturated carbocycles. The molecule has 114 valence electrons. The third-order valence-electron chi connectivity index (χ3n) is 2.92. The Morgan fingerprint density at radius 1 is 1.48 bits per heavy atom. The summed E-state index contributed by atoms with van der Waals surface area (Å²) < 4.78 is 6.78. The molecule has 2 aromatic heterocycles. The zero-order chi connectivity index (χ0) is 15.2. The minimum absolute atomic E-state index is 0.00545. The van der Waals surface area contributed by atoms with Crippen molar-refractivity contribution in [1.29, 1.82) is 0 Å². The highest BCUT2D eigenvalue weighted by molar-refractivity contribution is 5.75. The second-order valence-corrected chi connectivity index (χ2v) is 5.36. The number of aryl methyl sites for hydroxylation is 1. The fourth-order valence-electron chi connectivity index (χ4n) is 1.84. The Hall–Kier alpha value is -2.25. The van der Waals surface area contributed by atoms with Crippen molar-refractivity contribution in [2.24, 2.45) is 5.92 Å². The van der Waals surface area contributed by atoms with E-state index < -0.39 is 0 Å². The third-order valence-corrected chi connectivity index (χ3v) is 2.92. The van der Waals surface area contributed by atoms with Gasteiger partial charge in [-0.15, -0.1) is 0 Å². The van der Waals surface area contributed by atoms with Gasteiger partial charge in [-0.3, -0.25) is 9.48 Å². The Morgan fingerprint density at radius 3 is 2.95 bits per heavy atom. The summed E-state index contributed by atoms with van der Waals surface area (Å²) in [5.74, 6) is 1.61. The van der Waals surface area contributed by atoms with E-state index in [4.69, 9.17) is 4.52 Å². The monoisotopic (exact) mass is 292 g/mol. The van der Waals surface area contributed by atoms with Gasteiger partial charge < -0.3 is 9.42 Å². The van der Waals surface area contributed by atoms with Crippen LogP contribution in [0.5, 0.6) is 0 Å². The number of aromatic nitrogens is 5. The van der Waals surface area contributed by atoms with Crippen molar-refractivity contribution in [3.8, 4) is 0 Å². The summed E-state index contributed by atoms with van der Waals surface area (Å²) in [6, 6.07) is 0. The maximum Gasteiger partial charge on any atom is 0.246 e. The summed E-state index contributed by atoms with van der Waals surface area (Å²) in [6.07, 6.45) is 4.16. The molecule has 21 heavy (non-hydrogen) atoms. The Kier molecular flexibility index (Phi) is 5.02. The summed E-state index contributed by atoms with van der Waals surface area (Å²) in [7, 11) is 1.72. The highest BCUT2D eigenvalue weighted by Crippen LogP contribution is 2.07. The van der Waals surface area contributed by atoms with Crippen LogP contribution in [0, 0.1) is 5.92 Å². The summed E-state index contributed by atoms with van der Waals surface area (Å²) in [5.41, 5.74) is 0. The van der Waals surface area contributed by atoms with Crippen molar-refractivity contribution in [1.82, 2.24) is 29.8 Å². The van der Waals surface area contributed by atoms with Crippen LogP contribution in [-0.2, 0) is 24.3 Å². The van der Waals surface area contributed by atoms with Gasteiger partial charge in [0, 0.05) is 19.9 Å². The Morgan fingerprint density at radius 2 is 2.29 bits per heavy atom. The predicted octanol–water partition coefficient (Wildman–Crippen LogP) is 0.908. The van der Waals surface area contributed by atoms with Gasteiger partial charge in [-0.05, 0) is 5.92 Å². The minimum Gasteiger partial charge on any atom is -0.337 e. The molecule has 0 aliphatic heterocycles. The topological polar surface area (TPSA) is 89.9 Å². The van der Waals surface area contributed by atoms with Crippen LogP contribution in [0.2, 0.25) is 0 Å². The van der Waals surface area contributed by atoms with Crippen LogP contribution in [0.25, 0.3) is 0 Å². The molecule has 0 N–H and O–H groups in total. The second-order valence-electron chi connectivity index (χ2n) is 5.36. The molecule has 1 amide bonds. The summed E-state index contributed by atoms with van der Waals surface area (Å²) in [5, 5.41) is 7.87. The molecule has 0 aliphatic rings. The number of hydrogen-bond donors (Lipinski definition) is 0. The first kappa shape index (κ1) is 15.1. The lowest BCUT2D eigenvalue weighted by Gasteiger charge is -2.14. The normalized spacial score (nSPS) is 11.0. The van der Waals surface area contributed by atoms with Crippen molar-refractivity contribution in [3.05, 3.63) is 24.4 Å². The molecule has 2 heterocycles. The van der Waals surface area contributed by atoms with Crippen LogP contribution in [0.4, 0.5) is 0 Å². The number of amides is 1. The van der Waals surface area contributed by atoms with Crippen molar-refractivity contribution in [2.45, 2.75) is 39.8 Å². The van der Waals surface area contributed by atoms with Gasteiger partial charge in [0.2, 0.25) is 11.8 Å². The molecule has 0 bridgehead atoms. The molecule has 0 saturated heterocycles. The number of hydrogen-bond acceptors (Lipinski definition) is 6. The summed E-state index contributed by atoms with van der Waals surface area (Å²) >= 11 is 0. The van der Waals surface area contributed by atoms with Crippen molar-refractivity contribution in [3.63, 3.8) is 0 Å². The van der Waals surface area contributed by atoms with Crippen LogP contribution in [0.3, 0.4) is 0 Å². The van der Waals surface area contributed by atoms with Crippen molar-refractivity contribution in [2.75, 3.05) is 7.05 Å². The van der Waals surface area contributed by atoms with Gasteiger partial charge in [-0.1, -0.05) is 19.0 Å². The van der Waals surface area contributed by atoms with Gasteiger partial charge >= 0.3 is 0 Å². The molecule has 0 fully saturated rings. The standard InChI is InChI=1S/C13H20N6O2/c1-10(2)6-11-16-12(21-17-11)7-18(3)13(20)4-5-19-9-14-8-15-19/h8-10H,4-7H2,1-3H3. The summed E-state index contributed by atoms with van der Waals surface area (Å²) in [6.45, 7) is 5.01. The first-order chi connectivity index (χ1) is 10.0. The van der Waals surface area contributed by atoms with Gasteiger partial charge in [-0.25, -0.2) is 4.98 Å². The quantitative estimate of drug-likeness (QED) is 0.753. The SMILES string of the molecule is CC(C)Cc1noc(CN(C)C(=O)CCn2cncn2)n1. The first-order valence-corrected chi connectivity index (χ1v) is 6.92. The van der Waals surface area contributed by atoms with Gasteiger partial charge in [0.05, 0.1) is 13.1 Å². The summed E-state index contributed by atoms with van der Waals surface area (Å²) in [4.78, 5) is 21.7. The number of carbonyl (C=O) groups excluding carboxylic acids is 1. The zero-order valence-electron chi connectivity index (χ0n) is 12.6. The Bertz CT molecular complexity index is 563. The third kappa shape index (κ3) is 4.66. The van der Waals surface area contributed by atoms with E-state index >= 15 is 0 Å². The number of rotatable bonds is 7. The molecule has 0 unspecified atom stereocenters. The van der Waals surface area contributed by atoms with E-state index in [0.717, 1.165) is 6.42 Å². The molecule has 0 atom stereocenters. The van der Waals surface area contributed by atoms with Crippen LogP contribution in [-0.4, -0.2) is 42.8 Å². The van der Waals surface area contributed by atoms with E-state index in [9.17, 15) is 4.79 Å². The maximum absolute atomic E-state index is 12.0. The average Bonchev–Trinajstić information content (AvgIpc) is 3.07. The van der Waals surface area contributed by atoms with Crippen molar-refractivity contribution >= 4 is 5.91 Å².